The van der Waals surface area contributed by atoms with Crippen molar-refractivity contribution in [1.82, 2.24) is 5.32 Å². The van der Waals surface area contributed by atoms with E-state index in [9.17, 15) is 4.79 Å². The molecule has 0 saturated carbocycles. The Labute approximate surface area is 153 Å². The Morgan fingerprint density at radius 1 is 1.23 bits per heavy atom. The second-order valence-corrected chi connectivity index (χ2v) is 6.00. The number of guanidine groups is 1. The van der Waals surface area contributed by atoms with Crippen LogP contribution in [0, 0.1) is 0 Å². The second kappa shape index (κ2) is 9.01. The highest BCUT2D eigenvalue weighted by atomic mass is 16.5. The maximum absolute atomic E-state index is 12.5. The van der Waals surface area contributed by atoms with Crippen LogP contribution in [0.15, 0.2) is 59.6 Å². The first-order valence-corrected chi connectivity index (χ1v) is 8.68. The third-order valence-electron chi connectivity index (χ3n) is 4.08. The topological polar surface area (TPSA) is 71.9 Å². The van der Waals surface area contributed by atoms with Gasteiger partial charge in [0.05, 0.1) is 19.8 Å². The third-order valence-corrected chi connectivity index (χ3v) is 4.08. The fourth-order valence-corrected chi connectivity index (χ4v) is 2.70. The molecule has 2 N–H and O–H groups in total. The highest BCUT2D eigenvalue weighted by Crippen LogP contribution is 2.17. The molecule has 1 amide bonds. The van der Waals surface area contributed by atoms with Crippen LogP contribution in [-0.4, -0.2) is 38.2 Å². The maximum Gasteiger partial charge on any atom is 0.257 e. The second-order valence-electron chi connectivity index (χ2n) is 6.00. The zero-order valence-corrected chi connectivity index (χ0v) is 14.8. The number of ether oxygens (including phenoxy) is 2. The van der Waals surface area contributed by atoms with Gasteiger partial charge in [-0.2, -0.15) is 0 Å². The van der Waals surface area contributed by atoms with E-state index in [-0.39, 0.29) is 12.0 Å². The predicted octanol–water partition coefficient (Wildman–Crippen LogP) is 3.07. The number of methoxy groups -OCH3 is 1. The molecule has 1 aliphatic rings. The molecule has 2 aromatic rings. The molecule has 6 nitrogen and oxygen atoms in total. The lowest BCUT2D eigenvalue weighted by molar-refractivity contribution is 0.0975. The zero-order chi connectivity index (χ0) is 18.2. The van der Waals surface area contributed by atoms with Crippen molar-refractivity contribution in [2.45, 2.75) is 18.9 Å². The van der Waals surface area contributed by atoms with Crippen molar-refractivity contribution in [2.24, 2.45) is 4.99 Å². The maximum atomic E-state index is 12.5. The van der Waals surface area contributed by atoms with E-state index >= 15 is 0 Å². The Balaban J connectivity index is 1.74. The lowest BCUT2D eigenvalue weighted by Gasteiger charge is -2.14. The summed E-state index contributed by atoms with van der Waals surface area (Å²) in [6.07, 6.45) is 2.14. The van der Waals surface area contributed by atoms with Crippen molar-refractivity contribution in [2.75, 3.05) is 25.6 Å². The first-order valence-electron chi connectivity index (χ1n) is 8.68. The fourth-order valence-electron chi connectivity index (χ4n) is 2.70. The number of nitrogens with zero attached hydrogens (tertiary/aromatic N) is 1. The van der Waals surface area contributed by atoms with Gasteiger partial charge in [0.1, 0.15) is 5.75 Å². The molecule has 1 fully saturated rings. The Morgan fingerprint density at radius 3 is 2.81 bits per heavy atom. The molecule has 2 aromatic carbocycles. The Morgan fingerprint density at radius 2 is 2.08 bits per heavy atom. The van der Waals surface area contributed by atoms with E-state index in [1.54, 1.807) is 19.2 Å². The minimum atomic E-state index is -0.216. The van der Waals surface area contributed by atoms with Crippen LogP contribution in [0.4, 0.5) is 5.69 Å². The van der Waals surface area contributed by atoms with Crippen molar-refractivity contribution >= 4 is 17.6 Å². The number of amides is 1. The molecular formula is C20H23N3O3. The summed E-state index contributed by atoms with van der Waals surface area (Å²) in [5.74, 6) is 0.901. The standard InChI is InChI=1S/C20H23N3O3/c1-25-17-10-5-9-16(13-17)22-20(21-14-18-11-6-12-26-18)23-19(24)15-7-3-2-4-8-15/h2-5,7-10,13,18H,6,11-12,14H2,1H3,(H2,21,22,23,24). The Bertz CT molecular complexity index is 756. The van der Waals surface area contributed by atoms with Crippen molar-refractivity contribution in [3.63, 3.8) is 0 Å². The molecule has 0 radical (unpaired) electrons. The van der Waals surface area contributed by atoms with Gasteiger partial charge in [0.25, 0.3) is 5.91 Å². The van der Waals surface area contributed by atoms with Crippen LogP contribution in [0.2, 0.25) is 0 Å². The zero-order valence-electron chi connectivity index (χ0n) is 14.8. The summed E-state index contributed by atoms with van der Waals surface area (Å²) in [5.41, 5.74) is 1.36. The molecule has 1 heterocycles. The van der Waals surface area contributed by atoms with Gasteiger partial charge >= 0.3 is 0 Å². The van der Waals surface area contributed by atoms with E-state index in [1.165, 1.54) is 0 Å². The number of anilines is 1. The van der Waals surface area contributed by atoms with E-state index < -0.39 is 0 Å². The van der Waals surface area contributed by atoms with Gasteiger partial charge in [-0.25, -0.2) is 4.99 Å². The summed E-state index contributed by atoms with van der Waals surface area (Å²) in [7, 11) is 1.61. The van der Waals surface area contributed by atoms with Gasteiger partial charge in [-0.15, -0.1) is 0 Å². The minimum absolute atomic E-state index is 0.103. The van der Waals surface area contributed by atoms with Crippen LogP contribution < -0.4 is 15.4 Å². The van der Waals surface area contributed by atoms with E-state index in [0.29, 0.717) is 18.1 Å². The number of rotatable bonds is 5. The van der Waals surface area contributed by atoms with Crippen molar-refractivity contribution in [3.8, 4) is 5.75 Å². The van der Waals surface area contributed by atoms with E-state index in [0.717, 1.165) is 30.9 Å². The highest BCUT2D eigenvalue weighted by molar-refractivity contribution is 6.09. The normalized spacial score (nSPS) is 17.0. The number of hydrogen-bond acceptors (Lipinski definition) is 4. The van der Waals surface area contributed by atoms with Crippen LogP contribution >= 0.6 is 0 Å². The van der Waals surface area contributed by atoms with Crippen LogP contribution in [0.1, 0.15) is 23.2 Å². The first kappa shape index (κ1) is 17.9. The number of nitrogens with one attached hydrogen (secondary N) is 2. The minimum Gasteiger partial charge on any atom is -0.497 e. The number of hydrogen-bond donors (Lipinski definition) is 2. The van der Waals surface area contributed by atoms with Crippen molar-refractivity contribution in [1.29, 1.82) is 0 Å². The van der Waals surface area contributed by atoms with Gasteiger partial charge in [0, 0.05) is 23.9 Å². The van der Waals surface area contributed by atoms with Crippen LogP contribution in [0.25, 0.3) is 0 Å². The molecule has 136 valence electrons. The summed E-state index contributed by atoms with van der Waals surface area (Å²) in [4.78, 5) is 17.0. The third kappa shape index (κ3) is 5.07. The quantitative estimate of drug-likeness (QED) is 0.640. The largest absolute Gasteiger partial charge is 0.497 e. The molecule has 0 spiro atoms. The molecule has 0 aliphatic carbocycles. The molecule has 1 saturated heterocycles. The highest BCUT2D eigenvalue weighted by Gasteiger charge is 2.16. The predicted molar refractivity (Wildman–Crippen MR) is 102 cm³/mol. The fraction of sp³-hybridized carbons (Fsp3) is 0.300. The smallest absolute Gasteiger partial charge is 0.257 e. The monoisotopic (exact) mass is 353 g/mol. The van der Waals surface area contributed by atoms with Crippen LogP contribution in [0.3, 0.4) is 0 Å². The van der Waals surface area contributed by atoms with Gasteiger partial charge in [-0.05, 0) is 37.1 Å². The Kier molecular flexibility index (Phi) is 6.22. The summed E-state index contributed by atoms with van der Waals surface area (Å²) >= 11 is 0. The average molecular weight is 353 g/mol. The van der Waals surface area contributed by atoms with E-state index in [1.807, 2.05) is 42.5 Å². The summed E-state index contributed by atoms with van der Waals surface area (Å²) in [6.45, 7) is 1.27. The van der Waals surface area contributed by atoms with Gasteiger partial charge in [0.15, 0.2) is 0 Å². The number of carbonyl (C=O) groups excluding carboxylic acids is 1. The van der Waals surface area contributed by atoms with Gasteiger partial charge in [-0.1, -0.05) is 24.3 Å². The molecule has 6 heteroatoms. The first-order chi connectivity index (χ1) is 12.7. The lowest BCUT2D eigenvalue weighted by Crippen LogP contribution is -2.36. The van der Waals surface area contributed by atoms with Crippen LogP contribution in [0.5, 0.6) is 5.75 Å². The molecule has 1 aliphatic heterocycles. The van der Waals surface area contributed by atoms with Gasteiger partial charge in [0.2, 0.25) is 5.96 Å². The molecule has 3 rings (SSSR count). The summed E-state index contributed by atoms with van der Waals surface area (Å²) in [6, 6.07) is 16.5. The van der Waals surface area contributed by atoms with Crippen molar-refractivity contribution in [3.05, 3.63) is 60.2 Å². The number of carbonyl (C=O) groups is 1. The van der Waals surface area contributed by atoms with Gasteiger partial charge < -0.3 is 14.8 Å². The van der Waals surface area contributed by atoms with Gasteiger partial charge in [-0.3, -0.25) is 10.1 Å². The Hall–Kier alpha value is -2.86. The number of aliphatic imine (C=N–C) groups is 1. The summed E-state index contributed by atoms with van der Waals surface area (Å²) < 4.78 is 10.9. The van der Waals surface area contributed by atoms with E-state index in [4.69, 9.17) is 9.47 Å². The molecule has 1 unspecified atom stereocenters. The van der Waals surface area contributed by atoms with Crippen LogP contribution in [-0.2, 0) is 4.74 Å². The molecule has 0 bridgehead atoms. The SMILES string of the molecule is COc1cccc(NC(=NCC2CCCO2)NC(=O)c2ccccc2)c1. The van der Waals surface area contributed by atoms with E-state index in [2.05, 4.69) is 15.6 Å². The molecular weight excluding hydrogens is 330 g/mol. The molecule has 1 atom stereocenters. The lowest BCUT2D eigenvalue weighted by atomic mass is 10.2. The average Bonchev–Trinajstić information content (AvgIpc) is 3.20. The van der Waals surface area contributed by atoms with Crippen molar-refractivity contribution < 1.29 is 14.3 Å². The molecule has 0 aromatic heterocycles. The number of benzene rings is 2. The molecule has 26 heavy (non-hydrogen) atoms. The summed E-state index contributed by atoms with van der Waals surface area (Å²) in [5, 5.41) is 6.01.